The lowest BCUT2D eigenvalue weighted by atomic mass is 10.3. The highest BCUT2D eigenvalue weighted by Crippen LogP contribution is 2.41. The summed E-state index contributed by atoms with van der Waals surface area (Å²) in [4.78, 5) is 21.8. The molecule has 2 aromatic rings. The standard InChI is InChI=1S/C19H20ClF3N3O7/c1-3-4-7-30-8-9-31-15(11-27)33-14-10-12(5-6-13(14)26(28)29)32-18-16(20)17(19(21,22)23)25(2)24-18/h5-6,10-11,15H,1,3-4,7-9H2,2H3. The summed E-state index contributed by atoms with van der Waals surface area (Å²) in [5.41, 5.74) is -1.77. The summed E-state index contributed by atoms with van der Waals surface area (Å²) in [6.07, 6.45) is -4.57. The van der Waals surface area contributed by atoms with E-state index in [-0.39, 0.29) is 25.2 Å². The summed E-state index contributed by atoms with van der Waals surface area (Å²) < 4.78 is 60.7. The second-order valence-corrected chi connectivity index (χ2v) is 6.77. The van der Waals surface area contributed by atoms with Crippen molar-refractivity contribution in [2.45, 2.75) is 25.3 Å². The van der Waals surface area contributed by atoms with E-state index >= 15 is 0 Å². The number of unbranched alkanes of at least 4 members (excludes halogenated alkanes) is 1. The van der Waals surface area contributed by atoms with E-state index in [4.69, 9.17) is 30.5 Å². The number of benzene rings is 1. The van der Waals surface area contributed by atoms with Crippen molar-refractivity contribution in [3.63, 3.8) is 0 Å². The topological polar surface area (TPSA) is 115 Å². The van der Waals surface area contributed by atoms with E-state index in [0.29, 0.717) is 17.7 Å². The van der Waals surface area contributed by atoms with Crippen molar-refractivity contribution in [2.75, 3.05) is 19.8 Å². The van der Waals surface area contributed by atoms with Gasteiger partial charge in [0.1, 0.15) is 10.8 Å². The summed E-state index contributed by atoms with van der Waals surface area (Å²) in [7, 11) is 1.03. The molecule has 1 aromatic carbocycles. The first-order valence-electron chi connectivity index (χ1n) is 9.45. The zero-order valence-corrected chi connectivity index (χ0v) is 18.1. The molecule has 0 N–H and O–H groups in total. The van der Waals surface area contributed by atoms with E-state index in [2.05, 4.69) is 12.0 Å². The number of nitro benzene ring substituents is 1. The first-order chi connectivity index (χ1) is 15.6. The molecule has 33 heavy (non-hydrogen) atoms. The van der Waals surface area contributed by atoms with Crippen LogP contribution in [0.4, 0.5) is 18.9 Å². The lowest BCUT2D eigenvalue weighted by Gasteiger charge is -2.15. The fourth-order valence-electron chi connectivity index (χ4n) is 2.52. The second-order valence-electron chi connectivity index (χ2n) is 6.39. The maximum atomic E-state index is 13.1. The molecular formula is C19H20ClF3N3O7. The number of ether oxygens (including phenoxy) is 4. The molecule has 0 saturated carbocycles. The summed E-state index contributed by atoms with van der Waals surface area (Å²) in [6.45, 7) is 4.24. The first kappa shape index (κ1) is 26.4. The Bertz CT molecular complexity index is 969. The molecule has 0 aliphatic rings. The van der Waals surface area contributed by atoms with Crippen LogP contribution >= 0.6 is 11.6 Å². The van der Waals surface area contributed by atoms with E-state index in [9.17, 15) is 28.1 Å². The smallest absolute Gasteiger partial charge is 0.434 e. The summed E-state index contributed by atoms with van der Waals surface area (Å²) in [6, 6.07) is 3.09. The molecule has 181 valence electrons. The van der Waals surface area contributed by atoms with Gasteiger partial charge in [-0.3, -0.25) is 19.6 Å². The van der Waals surface area contributed by atoms with Crippen LogP contribution in [0.25, 0.3) is 0 Å². The minimum Gasteiger partial charge on any atom is -0.450 e. The molecule has 1 heterocycles. The third-order valence-corrected chi connectivity index (χ3v) is 4.31. The average molecular weight is 495 g/mol. The number of alkyl halides is 3. The Hall–Kier alpha value is -2.90. The Labute approximate surface area is 191 Å². The molecule has 0 amide bonds. The van der Waals surface area contributed by atoms with Gasteiger partial charge >= 0.3 is 11.9 Å². The number of nitrogens with zero attached hydrogens (tertiary/aromatic N) is 3. The van der Waals surface area contributed by atoms with Gasteiger partial charge in [-0.25, -0.2) is 0 Å². The van der Waals surface area contributed by atoms with Crippen molar-refractivity contribution in [3.8, 4) is 17.4 Å². The Balaban J connectivity index is 2.18. The van der Waals surface area contributed by atoms with Gasteiger partial charge in [0, 0.05) is 25.8 Å². The van der Waals surface area contributed by atoms with Gasteiger partial charge in [-0.1, -0.05) is 24.9 Å². The number of aldehydes is 1. The maximum absolute atomic E-state index is 13.1. The van der Waals surface area contributed by atoms with E-state index in [0.717, 1.165) is 31.7 Å². The number of carbonyl (C=O) groups excluding carboxylic acids is 1. The Kier molecular flexibility index (Phi) is 9.44. The zero-order valence-electron chi connectivity index (χ0n) is 17.3. The van der Waals surface area contributed by atoms with E-state index in [1.807, 2.05) is 0 Å². The second kappa shape index (κ2) is 11.8. The third kappa shape index (κ3) is 7.30. The SMILES string of the molecule is [CH2]CCCOCCOC(C=O)Oc1cc(Oc2nn(C)c(C(F)(F)F)c2Cl)ccc1[N+](=O)[O-]. The lowest BCUT2D eigenvalue weighted by Crippen LogP contribution is -2.24. The molecule has 0 fully saturated rings. The molecule has 1 radical (unpaired) electrons. The number of rotatable bonds is 13. The fraction of sp³-hybridized carbons (Fsp3) is 0.421. The minimum absolute atomic E-state index is 0.0334. The van der Waals surface area contributed by atoms with Crippen LogP contribution in [0.5, 0.6) is 17.4 Å². The minimum atomic E-state index is -4.78. The molecule has 1 unspecified atom stereocenters. The van der Waals surface area contributed by atoms with Gasteiger partial charge in [0.25, 0.3) is 12.2 Å². The van der Waals surface area contributed by atoms with Crippen LogP contribution in [0.2, 0.25) is 5.02 Å². The van der Waals surface area contributed by atoms with Crippen molar-refractivity contribution >= 4 is 23.6 Å². The van der Waals surface area contributed by atoms with Crippen molar-refractivity contribution < 1.29 is 41.8 Å². The van der Waals surface area contributed by atoms with Gasteiger partial charge < -0.3 is 18.9 Å². The molecule has 0 aliphatic heterocycles. The molecule has 0 bridgehead atoms. The molecule has 0 aliphatic carbocycles. The number of aromatic nitrogens is 2. The zero-order chi connectivity index (χ0) is 24.6. The lowest BCUT2D eigenvalue weighted by molar-refractivity contribution is -0.386. The van der Waals surface area contributed by atoms with Crippen molar-refractivity contribution in [1.29, 1.82) is 0 Å². The van der Waals surface area contributed by atoms with Crippen molar-refractivity contribution in [2.24, 2.45) is 7.05 Å². The van der Waals surface area contributed by atoms with Gasteiger partial charge in [-0.2, -0.15) is 13.2 Å². The van der Waals surface area contributed by atoms with E-state index < -0.39 is 45.4 Å². The van der Waals surface area contributed by atoms with Gasteiger partial charge in [-0.15, -0.1) is 5.10 Å². The number of carbonyl (C=O) groups is 1. The number of hydrogen-bond donors (Lipinski definition) is 0. The van der Waals surface area contributed by atoms with E-state index in [1.54, 1.807) is 0 Å². The van der Waals surface area contributed by atoms with Crippen LogP contribution in [0.15, 0.2) is 18.2 Å². The molecule has 14 heteroatoms. The number of hydrogen-bond acceptors (Lipinski definition) is 8. The molecule has 1 aromatic heterocycles. The Morgan fingerprint density at radius 2 is 2.06 bits per heavy atom. The predicted octanol–water partition coefficient (Wildman–Crippen LogP) is 4.34. The highest BCUT2D eigenvalue weighted by atomic mass is 35.5. The van der Waals surface area contributed by atoms with Crippen LogP contribution in [-0.2, 0) is 27.5 Å². The highest BCUT2D eigenvalue weighted by Gasteiger charge is 2.39. The normalized spacial score (nSPS) is 12.4. The fourth-order valence-corrected chi connectivity index (χ4v) is 2.82. The third-order valence-electron chi connectivity index (χ3n) is 3.97. The number of nitro groups is 1. The Morgan fingerprint density at radius 3 is 2.64 bits per heavy atom. The van der Waals surface area contributed by atoms with Crippen molar-refractivity contribution in [3.05, 3.63) is 46.0 Å². The number of halogens is 4. The quantitative estimate of drug-likeness (QED) is 0.133. The molecular weight excluding hydrogens is 475 g/mol. The molecule has 1 atom stereocenters. The maximum Gasteiger partial charge on any atom is 0.434 e. The highest BCUT2D eigenvalue weighted by molar-refractivity contribution is 6.32. The van der Waals surface area contributed by atoms with Crippen LogP contribution < -0.4 is 9.47 Å². The molecule has 0 spiro atoms. The van der Waals surface area contributed by atoms with Crippen LogP contribution in [0.3, 0.4) is 0 Å². The summed E-state index contributed by atoms with van der Waals surface area (Å²) >= 11 is 5.75. The van der Waals surface area contributed by atoms with Gasteiger partial charge in [0.2, 0.25) is 5.75 Å². The van der Waals surface area contributed by atoms with Crippen LogP contribution in [0, 0.1) is 17.0 Å². The van der Waals surface area contributed by atoms with Crippen LogP contribution in [0.1, 0.15) is 18.5 Å². The Morgan fingerprint density at radius 1 is 1.33 bits per heavy atom. The summed E-state index contributed by atoms with van der Waals surface area (Å²) in [5.74, 6) is -1.17. The number of aryl methyl sites for hydroxylation is 1. The summed E-state index contributed by atoms with van der Waals surface area (Å²) in [5, 5.41) is 14.1. The van der Waals surface area contributed by atoms with Crippen molar-refractivity contribution in [1.82, 2.24) is 9.78 Å². The molecule has 0 saturated heterocycles. The molecule has 10 nitrogen and oxygen atoms in total. The van der Waals surface area contributed by atoms with Gasteiger partial charge in [-0.05, 0) is 12.5 Å². The van der Waals surface area contributed by atoms with Gasteiger partial charge in [0.15, 0.2) is 12.0 Å². The van der Waals surface area contributed by atoms with Gasteiger partial charge in [0.05, 0.1) is 18.1 Å². The predicted molar refractivity (Wildman–Crippen MR) is 108 cm³/mol. The van der Waals surface area contributed by atoms with E-state index in [1.165, 1.54) is 0 Å². The molecule has 2 rings (SSSR count). The monoisotopic (exact) mass is 494 g/mol. The van der Waals surface area contributed by atoms with Crippen LogP contribution in [-0.4, -0.2) is 47.1 Å². The largest absolute Gasteiger partial charge is 0.450 e. The first-order valence-corrected chi connectivity index (χ1v) is 9.82. The average Bonchev–Trinajstić information content (AvgIpc) is 3.02.